The molecule has 0 fully saturated rings. The lowest BCUT2D eigenvalue weighted by molar-refractivity contribution is -0.116. The summed E-state index contributed by atoms with van der Waals surface area (Å²) in [6.07, 6.45) is 3.29. The molecule has 1 N–H and O–H groups in total. The van der Waals surface area contributed by atoms with E-state index in [-0.39, 0.29) is 5.91 Å². The Kier molecular flexibility index (Phi) is 7.46. The fourth-order valence-electron chi connectivity index (χ4n) is 2.15. The van der Waals surface area contributed by atoms with Crippen molar-refractivity contribution >= 4 is 12.0 Å². The summed E-state index contributed by atoms with van der Waals surface area (Å²) in [5, 5.41) is 2.90. The van der Waals surface area contributed by atoms with Crippen molar-refractivity contribution in [1.82, 2.24) is 10.2 Å². The van der Waals surface area contributed by atoms with Crippen molar-refractivity contribution in [2.75, 3.05) is 41.4 Å². The maximum Gasteiger partial charge on any atom is 0.244 e. The fraction of sp³-hybridized carbons (Fsp3) is 0.471. The van der Waals surface area contributed by atoms with Gasteiger partial charge in [0.1, 0.15) is 0 Å². The molecule has 0 saturated carbocycles. The van der Waals surface area contributed by atoms with E-state index >= 15 is 0 Å². The standard InChI is InChI=1S/C17H26N2O3/c1-13(12-19(2)3)11-18-17(20)9-7-14-6-8-15(21-4)16(10-14)22-5/h6-10,13H,11-12H2,1-5H3,(H,18,20)/b9-7+. The number of hydrogen-bond acceptors (Lipinski definition) is 4. The average molecular weight is 306 g/mol. The van der Waals surface area contributed by atoms with Crippen molar-refractivity contribution in [2.24, 2.45) is 5.92 Å². The summed E-state index contributed by atoms with van der Waals surface area (Å²) in [6, 6.07) is 5.52. The highest BCUT2D eigenvalue weighted by Gasteiger charge is 2.05. The van der Waals surface area contributed by atoms with E-state index in [1.807, 2.05) is 32.3 Å². The lowest BCUT2D eigenvalue weighted by atomic mass is 10.1. The number of rotatable bonds is 8. The Hall–Kier alpha value is -2.01. The second-order valence-electron chi connectivity index (χ2n) is 5.56. The van der Waals surface area contributed by atoms with Gasteiger partial charge >= 0.3 is 0 Å². The second-order valence-corrected chi connectivity index (χ2v) is 5.56. The Morgan fingerprint density at radius 3 is 2.55 bits per heavy atom. The molecule has 1 atom stereocenters. The minimum Gasteiger partial charge on any atom is -0.493 e. The Labute approximate surface area is 132 Å². The van der Waals surface area contributed by atoms with E-state index in [0.717, 1.165) is 12.1 Å². The van der Waals surface area contributed by atoms with Crippen molar-refractivity contribution < 1.29 is 14.3 Å². The predicted molar refractivity (Wildman–Crippen MR) is 89.3 cm³/mol. The molecule has 0 saturated heterocycles. The summed E-state index contributed by atoms with van der Waals surface area (Å²) in [7, 11) is 7.23. The molecule has 0 radical (unpaired) electrons. The molecular weight excluding hydrogens is 280 g/mol. The zero-order valence-corrected chi connectivity index (χ0v) is 14.1. The van der Waals surface area contributed by atoms with E-state index in [0.29, 0.717) is 24.0 Å². The molecule has 0 aromatic heterocycles. The first-order chi connectivity index (χ1) is 10.5. The first-order valence-corrected chi connectivity index (χ1v) is 7.29. The van der Waals surface area contributed by atoms with E-state index in [2.05, 4.69) is 17.1 Å². The average Bonchev–Trinajstić information content (AvgIpc) is 2.49. The number of nitrogens with one attached hydrogen (secondary N) is 1. The monoisotopic (exact) mass is 306 g/mol. The van der Waals surface area contributed by atoms with Crippen LogP contribution < -0.4 is 14.8 Å². The summed E-state index contributed by atoms with van der Waals surface area (Å²) in [6.45, 7) is 3.71. The summed E-state index contributed by atoms with van der Waals surface area (Å²) >= 11 is 0. The lowest BCUT2D eigenvalue weighted by Gasteiger charge is -2.16. The number of ether oxygens (including phenoxy) is 2. The van der Waals surface area contributed by atoms with Gasteiger partial charge in [0, 0.05) is 19.2 Å². The highest BCUT2D eigenvalue weighted by molar-refractivity contribution is 5.91. The molecule has 1 amide bonds. The van der Waals surface area contributed by atoms with Gasteiger partial charge in [0.2, 0.25) is 5.91 Å². The van der Waals surface area contributed by atoms with Gasteiger partial charge in [0.05, 0.1) is 14.2 Å². The molecule has 5 heteroatoms. The molecule has 0 aliphatic heterocycles. The molecule has 0 bridgehead atoms. The van der Waals surface area contributed by atoms with Gasteiger partial charge in [-0.1, -0.05) is 13.0 Å². The van der Waals surface area contributed by atoms with Gasteiger partial charge in [0.25, 0.3) is 0 Å². The van der Waals surface area contributed by atoms with Crippen LogP contribution in [-0.4, -0.2) is 52.2 Å². The largest absolute Gasteiger partial charge is 0.493 e. The van der Waals surface area contributed by atoms with E-state index in [1.54, 1.807) is 20.3 Å². The number of carbonyl (C=O) groups is 1. The van der Waals surface area contributed by atoms with Gasteiger partial charge in [-0.3, -0.25) is 4.79 Å². The molecule has 0 aliphatic carbocycles. The molecule has 1 aromatic rings. The summed E-state index contributed by atoms with van der Waals surface area (Å²) < 4.78 is 10.4. The predicted octanol–water partition coefficient (Wildman–Crippen LogP) is 2.03. The maximum atomic E-state index is 11.8. The first kappa shape index (κ1) is 18.0. The third-order valence-electron chi connectivity index (χ3n) is 3.14. The van der Waals surface area contributed by atoms with Crippen molar-refractivity contribution in [2.45, 2.75) is 6.92 Å². The van der Waals surface area contributed by atoms with Gasteiger partial charge < -0.3 is 19.7 Å². The Morgan fingerprint density at radius 2 is 1.95 bits per heavy atom. The summed E-state index contributed by atoms with van der Waals surface area (Å²) in [4.78, 5) is 13.9. The molecule has 0 aliphatic rings. The normalized spacial score (nSPS) is 12.5. The first-order valence-electron chi connectivity index (χ1n) is 7.29. The number of hydrogen-bond donors (Lipinski definition) is 1. The topological polar surface area (TPSA) is 50.8 Å². The number of nitrogens with zero attached hydrogens (tertiary/aromatic N) is 1. The van der Waals surface area contributed by atoms with Crippen LogP contribution in [0.5, 0.6) is 11.5 Å². The minimum atomic E-state index is -0.0969. The van der Waals surface area contributed by atoms with Gasteiger partial charge in [-0.15, -0.1) is 0 Å². The van der Waals surface area contributed by atoms with Gasteiger partial charge in [-0.05, 0) is 43.8 Å². The molecule has 122 valence electrons. The third-order valence-corrected chi connectivity index (χ3v) is 3.14. The smallest absolute Gasteiger partial charge is 0.244 e. The van der Waals surface area contributed by atoms with Gasteiger partial charge in [0.15, 0.2) is 11.5 Å². The lowest BCUT2D eigenvalue weighted by Crippen LogP contribution is -2.31. The van der Waals surface area contributed by atoms with Crippen LogP contribution in [-0.2, 0) is 4.79 Å². The van der Waals surface area contributed by atoms with Gasteiger partial charge in [-0.2, -0.15) is 0 Å². The van der Waals surface area contributed by atoms with Crippen molar-refractivity contribution in [1.29, 1.82) is 0 Å². The molecule has 0 spiro atoms. The van der Waals surface area contributed by atoms with Crippen LogP contribution in [0.25, 0.3) is 6.08 Å². The highest BCUT2D eigenvalue weighted by Crippen LogP contribution is 2.27. The van der Waals surface area contributed by atoms with Crippen LogP contribution >= 0.6 is 0 Å². The Bertz CT molecular complexity index is 513. The number of carbonyl (C=O) groups excluding carboxylic acids is 1. The summed E-state index contributed by atoms with van der Waals surface area (Å²) in [5.74, 6) is 1.63. The molecular formula is C17H26N2O3. The van der Waals surface area contributed by atoms with E-state index in [1.165, 1.54) is 6.08 Å². The van der Waals surface area contributed by atoms with E-state index < -0.39 is 0 Å². The Balaban J connectivity index is 2.55. The van der Waals surface area contributed by atoms with Crippen LogP contribution in [0.4, 0.5) is 0 Å². The fourth-order valence-corrected chi connectivity index (χ4v) is 2.15. The minimum absolute atomic E-state index is 0.0969. The quantitative estimate of drug-likeness (QED) is 0.747. The van der Waals surface area contributed by atoms with E-state index in [4.69, 9.17) is 9.47 Å². The Morgan fingerprint density at radius 1 is 1.27 bits per heavy atom. The zero-order valence-electron chi connectivity index (χ0n) is 14.1. The van der Waals surface area contributed by atoms with E-state index in [9.17, 15) is 4.79 Å². The third kappa shape index (κ3) is 6.18. The van der Waals surface area contributed by atoms with Gasteiger partial charge in [-0.25, -0.2) is 0 Å². The molecule has 5 nitrogen and oxygen atoms in total. The van der Waals surface area contributed by atoms with Crippen LogP contribution in [0.2, 0.25) is 0 Å². The maximum absolute atomic E-state index is 11.8. The molecule has 1 rings (SSSR count). The molecule has 1 aromatic carbocycles. The van der Waals surface area contributed by atoms with Crippen molar-refractivity contribution in [3.05, 3.63) is 29.8 Å². The molecule has 22 heavy (non-hydrogen) atoms. The molecule has 0 heterocycles. The van der Waals surface area contributed by atoms with Crippen LogP contribution in [0.1, 0.15) is 12.5 Å². The van der Waals surface area contributed by atoms with Crippen LogP contribution in [0.3, 0.4) is 0 Å². The summed E-state index contributed by atoms with van der Waals surface area (Å²) in [5.41, 5.74) is 0.883. The van der Waals surface area contributed by atoms with Crippen molar-refractivity contribution in [3.8, 4) is 11.5 Å². The number of amides is 1. The highest BCUT2D eigenvalue weighted by atomic mass is 16.5. The van der Waals surface area contributed by atoms with Crippen LogP contribution in [0.15, 0.2) is 24.3 Å². The number of benzene rings is 1. The molecule has 1 unspecified atom stereocenters. The SMILES string of the molecule is COc1ccc(/C=C/C(=O)NCC(C)CN(C)C)cc1OC. The number of methoxy groups -OCH3 is 2. The van der Waals surface area contributed by atoms with Crippen LogP contribution in [0, 0.1) is 5.92 Å². The zero-order chi connectivity index (χ0) is 16.5. The second kappa shape index (κ2) is 9.10. The van der Waals surface area contributed by atoms with Crippen molar-refractivity contribution in [3.63, 3.8) is 0 Å².